The first kappa shape index (κ1) is 16.1. The second kappa shape index (κ2) is 7.70. The van der Waals surface area contributed by atoms with Crippen molar-refractivity contribution in [2.24, 2.45) is 0 Å². The van der Waals surface area contributed by atoms with Crippen LogP contribution in [-0.4, -0.2) is 21.9 Å². The van der Waals surface area contributed by atoms with Crippen molar-refractivity contribution in [2.75, 3.05) is 11.9 Å². The highest BCUT2D eigenvalue weighted by molar-refractivity contribution is 7.10. The zero-order chi connectivity index (χ0) is 16.8. The molecule has 2 aromatic carbocycles. The average molecular weight is 339 g/mol. The van der Waals surface area contributed by atoms with Gasteiger partial charge in [-0.1, -0.05) is 49.4 Å². The number of carbonyl (C=O) groups excluding carboxylic acids is 1. The van der Waals surface area contributed by atoms with Crippen LogP contribution in [0.15, 0.2) is 54.6 Å². The normalized spacial score (nSPS) is 10.4. The minimum atomic E-state index is -0.252. The lowest BCUT2D eigenvalue weighted by Crippen LogP contribution is -2.13. The number of para-hydroxylation sites is 1. The Morgan fingerprint density at radius 3 is 2.67 bits per heavy atom. The molecule has 5 nitrogen and oxygen atoms in total. The van der Waals surface area contributed by atoms with Gasteiger partial charge in [0.15, 0.2) is 5.82 Å². The first-order chi connectivity index (χ1) is 11.8. The number of amides is 1. The average Bonchev–Trinajstić information content (AvgIpc) is 3.09. The second-order valence-corrected chi connectivity index (χ2v) is 5.84. The number of anilines is 1. The van der Waals surface area contributed by atoms with Crippen molar-refractivity contribution in [3.05, 3.63) is 60.2 Å². The predicted molar refractivity (Wildman–Crippen MR) is 95.5 cm³/mol. The number of aromatic nitrogens is 2. The Morgan fingerprint density at radius 1 is 1.12 bits per heavy atom. The molecule has 24 heavy (non-hydrogen) atoms. The van der Waals surface area contributed by atoms with Crippen LogP contribution in [0.3, 0.4) is 0 Å². The number of hydrogen-bond acceptors (Lipinski definition) is 5. The van der Waals surface area contributed by atoms with E-state index in [9.17, 15) is 4.79 Å². The summed E-state index contributed by atoms with van der Waals surface area (Å²) in [6.45, 7) is 2.59. The van der Waals surface area contributed by atoms with Gasteiger partial charge in [-0.2, -0.15) is 9.36 Å². The standard InChI is InChI=1S/C18H17N3O2S/c1-2-12-23-15-11-7-6-10-14(15)17(22)20-18-19-16(21-24-18)13-8-4-3-5-9-13/h3-11H,2,12H2,1H3,(H,19,20,21,22). The van der Waals surface area contributed by atoms with E-state index < -0.39 is 0 Å². The summed E-state index contributed by atoms with van der Waals surface area (Å²) in [5, 5.41) is 3.25. The Bertz CT molecular complexity index is 818. The van der Waals surface area contributed by atoms with Crippen LogP contribution in [0.1, 0.15) is 23.7 Å². The maximum absolute atomic E-state index is 12.5. The van der Waals surface area contributed by atoms with Crippen molar-refractivity contribution in [2.45, 2.75) is 13.3 Å². The third kappa shape index (κ3) is 3.78. The van der Waals surface area contributed by atoms with Crippen LogP contribution in [0, 0.1) is 0 Å². The first-order valence-corrected chi connectivity index (χ1v) is 8.47. The number of benzene rings is 2. The molecule has 1 aromatic heterocycles. The second-order valence-electron chi connectivity index (χ2n) is 5.09. The molecule has 1 heterocycles. The maximum Gasteiger partial charge on any atom is 0.261 e. The van der Waals surface area contributed by atoms with Gasteiger partial charge in [-0.3, -0.25) is 10.1 Å². The van der Waals surface area contributed by atoms with Crippen LogP contribution < -0.4 is 10.1 Å². The molecule has 0 aliphatic heterocycles. The molecule has 0 unspecified atom stereocenters. The molecule has 6 heteroatoms. The molecule has 0 fully saturated rings. The van der Waals surface area contributed by atoms with Gasteiger partial charge in [0.2, 0.25) is 5.13 Å². The fourth-order valence-corrected chi connectivity index (χ4v) is 2.72. The molecule has 0 radical (unpaired) electrons. The zero-order valence-corrected chi connectivity index (χ0v) is 14.0. The molecule has 0 bridgehead atoms. The maximum atomic E-state index is 12.5. The molecule has 122 valence electrons. The Morgan fingerprint density at radius 2 is 1.88 bits per heavy atom. The van der Waals surface area contributed by atoms with Gasteiger partial charge in [0.05, 0.1) is 12.2 Å². The molecule has 1 N–H and O–H groups in total. The molecular weight excluding hydrogens is 322 g/mol. The molecule has 0 saturated carbocycles. The van der Waals surface area contributed by atoms with Crippen LogP contribution >= 0.6 is 11.5 Å². The van der Waals surface area contributed by atoms with E-state index >= 15 is 0 Å². The van der Waals surface area contributed by atoms with E-state index in [1.165, 1.54) is 0 Å². The van der Waals surface area contributed by atoms with Gasteiger partial charge in [-0.05, 0) is 18.6 Å². The van der Waals surface area contributed by atoms with Crippen LogP contribution in [0.25, 0.3) is 11.4 Å². The van der Waals surface area contributed by atoms with Crippen molar-refractivity contribution in [1.29, 1.82) is 0 Å². The third-order valence-electron chi connectivity index (χ3n) is 3.27. The highest BCUT2D eigenvalue weighted by Crippen LogP contribution is 2.23. The van der Waals surface area contributed by atoms with E-state index in [2.05, 4.69) is 14.7 Å². The molecule has 0 aliphatic carbocycles. The quantitative estimate of drug-likeness (QED) is 0.729. The van der Waals surface area contributed by atoms with E-state index in [0.29, 0.717) is 28.9 Å². The largest absolute Gasteiger partial charge is 0.493 e. The molecule has 0 aliphatic rings. The van der Waals surface area contributed by atoms with E-state index in [-0.39, 0.29) is 5.91 Å². The molecule has 0 spiro atoms. The number of rotatable bonds is 6. The number of nitrogens with one attached hydrogen (secondary N) is 1. The van der Waals surface area contributed by atoms with Crippen LogP contribution in [0.4, 0.5) is 5.13 Å². The molecule has 3 rings (SSSR count). The first-order valence-electron chi connectivity index (χ1n) is 7.70. The summed E-state index contributed by atoms with van der Waals surface area (Å²) in [6, 6.07) is 16.8. The number of nitrogens with zero attached hydrogens (tertiary/aromatic N) is 2. The third-order valence-corrected chi connectivity index (χ3v) is 3.90. The van der Waals surface area contributed by atoms with Crippen molar-refractivity contribution in [1.82, 2.24) is 9.36 Å². The molecule has 1 amide bonds. The van der Waals surface area contributed by atoms with Gasteiger partial charge in [0.25, 0.3) is 5.91 Å². The highest BCUT2D eigenvalue weighted by atomic mass is 32.1. The molecule has 3 aromatic rings. The van der Waals surface area contributed by atoms with E-state index in [0.717, 1.165) is 23.5 Å². The number of hydrogen-bond donors (Lipinski definition) is 1. The summed E-state index contributed by atoms with van der Waals surface area (Å²) in [4.78, 5) is 16.9. The van der Waals surface area contributed by atoms with E-state index in [4.69, 9.17) is 4.74 Å². The Labute approximate surface area is 144 Å². The van der Waals surface area contributed by atoms with Gasteiger partial charge in [-0.25, -0.2) is 0 Å². The van der Waals surface area contributed by atoms with Gasteiger partial charge in [0.1, 0.15) is 5.75 Å². The molecule has 0 saturated heterocycles. The number of carbonyl (C=O) groups is 1. The van der Waals surface area contributed by atoms with E-state index in [1.54, 1.807) is 12.1 Å². The van der Waals surface area contributed by atoms with Gasteiger partial charge in [0, 0.05) is 17.1 Å². The van der Waals surface area contributed by atoms with Crippen molar-refractivity contribution in [3.63, 3.8) is 0 Å². The fraction of sp³-hybridized carbons (Fsp3) is 0.167. The topological polar surface area (TPSA) is 64.1 Å². The van der Waals surface area contributed by atoms with Crippen molar-refractivity contribution in [3.8, 4) is 17.1 Å². The lowest BCUT2D eigenvalue weighted by Gasteiger charge is -2.09. The summed E-state index contributed by atoms with van der Waals surface area (Å²) in [7, 11) is 0. The van der Waals surface area contributed by atoms with Gasteiger partial charge < -0.3 is 4.74 Å². The number of ether oxygens (including phenoxy) is 1. The predicted octanol–water partition coefficient (Wildman–Crippen LogP) is 4.25. The minimum absolute atomic E-state index is 0.252. The van der Waals surface area contributed by atoms with Crippen LogP contribution in [0.2, 0.25) is 0 Å². The summed E-state index contributed by atoms with van der Waals surface area (Å²) >= 11 is 1.16. The summed E-state index contributed by atoms with van der Waals surface area (Å²) < 4.78 is 9.92. The smallest absolute Gasteiger partial charge is 0.261 e. The Balaban J connectivity index is 1.75. The minimum Gasteiger partial charge on any atom is -0.493 e. The van der Waals surface area contributed by atoms with E-state index in [1.807, 2.05) is 49.4 Å². The van der Waals surface area contributed by atoms with Crippen LogP contribution in [0.5, 0.6) is 5.75 Å². The van der Waals surface area contributed by atoms with Crippen molar-refractivity contribution < 1.29 is 9.53 Å². The lowest BCUT2D eigenvalue weighted by atomic mass is 10.2. The van der Waals surface area contributed by atoms with Gasteiger partial charge >= 0.3 is 0 Å². The molecular formula is C18H17N3O2S. The van der Waals surface area contributed by atoms with Gasteiger partial charge in [-0.15, -0.1) is 0 Å². The van der Waals surface area contributed by atoms with Crippen molar-refractivity contribution >= 4 is 22.6 Å². The molecule has 0 atom stereocenters. The SMILES string of the molecule is CCCOc1ccccc1C(=O)Nc1nc(-c2ccccc2)ns1. The monoisotopic (exact) mass is 339 g/mol. The highest BCUT2D eigenvalue weighted by Gasteiger charge is 2.15. The summed E-state index contributed by atoms with van der Waals surface area (Å²) in [5.41, 5.74) is 1.41. The summed E-state index contributed by atoms with van der Waals surface area (Å²) in [5.74, 6) is 0.925. The Kier molecular flexibility index (Phi) is 5.18. The van der Waals surface area contributed by atoms with Crippen LogP contribution in [-0.2, 0) is 0 Å². The Hall–Kier alpha value is -2.73. The lowest BCUT2D eigenvalue weighted by molar-refractivity contribution is 0.102. The zero-order valence-electron chi connectivity index (χ0n) is 13.2. The fourth-order valence-electron chi connectivity index (χ4n) is 2.14. The summed E-state index contributed by atoms with van der Waals surface area (Å²) in [6.07, 6.45) is 0.882.